The lowest BCUT2D eigenvalue weighted by Gasteiger charge is -2.10. The van der Waals surface area contributed by atoms with E-state index in [1.54, 1.807) is 14.2 Å². The molecule has 0 aliphatic heterocycles. The van der Waals surface area contributed by atoms with E-state index >= 15 is 0 Å². The summed E-state index contributed by atoms with van der Waals surface area (Å²) in [6, 6.07) is 11.4. The van der Waals surface area contributed by atoms with Crippen LogP contribution < -0.4 is 20.1 Å². The quantitative estimate of drug-likeness (QED) is 0.503. The van der Waals surface area contributed by atoms with Gasteiger partial charge in [0.15, 0.2) is 4.34 Å². The molecule has 0 unspecified atom stereocenters. The maximum Gasteiger partial charge on any atom is 0.234 e. The summed E-state index contributed by atoms with van der Waals surface area (Å²) >= 11 is 2.71. The molecule has 0 spiro atoms. The number of hydrogen-bond donors (Lipinski definition) is 2. The molecule has 7 nitrogen and oxygen atoms in total. The molecule has 0 fully saturated rings. The third-order valence-electron chi connectivity index (χ3n) is 4.05. The second-order valence-corrected chi connectivity index (χ2v) is 8.42. The number of nitrogens with one attached hydrogen (secondary N) is 2. The highest BCUT2D eigenvalue weighted by molar-refractivity contribution is 8.01. The number of thioether (sulfide) groups is 1. The summed E-state index contributed by atoms with van der Waals surface area (Å²) in [5.74, 6) is 1.55. The van der Waals surface area contributed by atoms with Crippen LogP contribution in [0.25, 0.3) is 0 Å². The van der Waals surface area contributed by atoms with E-state index < -0.39 is 0 Å². The topological polar surface area (TPSA) is 85.4 Å². The van der Waals surface area contributed by atoms with Crippen molar-refractivity contribution in [2.75, 3.05) is 30.6 Å². The lowest BCUT2D eigenvalue weighted by molar-refractivity contribution is -0.113. The SMILES string of the molecule is COc1ccc(OC)c(Nc2nnc(SCC(=O)Nc3cc(C)ccc3C)s2)c1. The molecule has 9 heteroatoms. The van der Waals surface area contributed by atoms with E-state index in [1.807, 2.05) is 50.2 Å². The van der Waals surface area contributed by atoms with Gasteiger partial charge in [-0.2, -0.15) is 0 Å². The van der Waals surface area contributed by atoms with Crippen molar-refractivity contribution in [3.05, 3.63) is 47.5 Å². The van der Waals surface area contributed by atoms with Gasteiger partial charge in [0, 0.05) is 11.8 Å². The molecule has 2 aromatic carbocycles. The van der Waals surface area contributed by atoms with Crippen LogP contribution in [0.5, 0.6) is 11.5 Å². The summed E-state index contributed by atoms with van der Waals surface area (Å²) in [6.45, 7) is 3.97. The summed E-state index contributed by atoms with van der Waals surface area (Å²) < 4.78 is 11.3. The molecule has 3 rings (SSSR count). The average Bonchev–Trinajstić information content (AvgIpc) is 3.16. The van der Waals surface area contributed by atoms with Gasteiger partial charge in [0.2, 0.25) is 11.0 Å². The summed E-state index contributed by atoms with van der Waals surface area (Å²) in [6.07, 6.45) is 0. The van der Waals surface area contributed by atoms with E-state index in [2.05, 4.69) is 20.8 Å². The van der Waals surface area contributed by atoms with Gasteiger partial charge in [0.05, 0.1) is 25.7 Å². The highest BCUT2D eigenvalue weighted by atomic mass is 32.2. The number of ether oxygens (including phenoxy) is 2. The Morgan fingerprint density at radius 2 is 1.90 bits per heavy atom. The molecule has 152 valence electrons. The van der Waals surface area contributed by atoms with Crippen LogP contribution in [-0.4, -0.2) is 36.1 Å². The van der Waals surface area contributed by atoms with Gasteiger partial charge in [0.25, 0.3) is 0 Å². The molecule has 0 saturated carbocycles. The van der Waals surface area contributed by atoms with Crippen molar-refractivity contribution in [2.24, 2.45) is 0 Å². The van der Waals surface area contributed by atoms with Crippen LogP contribution in [0.15, 0.2) is 40.7 Å². The predicted octanol–water partition coefficient (Wildman–Crippen LogP) is 4.65. The van der Waals surface area contributed by atoms with Crippen LogP contribution >= 0.6 is 23.1 Å². The Bertz CT molecular complexity index is 1010. The number of nitrogens with zero attached hydrogens (tertiary/aromatic N) is 2. The van der Waals surface area contributed by atoms with Crippen LogP contribution in [-0.2, 0) is 4.79 Å². The number of carbonyl (C=O) groups is 1. The van der Waals surface area contributed by atoms with Gasteiger partial charge in [0.1, 0.15) is 11.5 Å². The second-order valence-electron chi connectivity index (χ2n) is 6.22. The Kier molecular flexibility index (Phi) is 6.95. The molecule has 1 heterocycles. The first-order valence-corrected chi connectivity index (χ1v) is 10.6. The number of carbonyl (C=O) groups excluding carboxylic acids is 1. The number of methoxy groups -OCH3 is 2. The average molecular weight is 431 g/mol. The van der Waals surface area contributed by atoms with Crippen molar-refractivity contribution in [2.45, 2.75) is 18.2 Å². The molecule has 0 aliphatic rings. The Morgan fingerprint density at radius 3 is 2.66 bits per heavy atom. The monoisotopic (exact) mass is 430 g/mol. The summed E-state index contributed by atoms with van der Waals surface area (Å²) in [4.78, 5) is 12.3. The summed E-state index contributed by atoms with van der Waals surface area (Å²) in [7, 11) is 3.21. The van der Waals surface area contributed by atoms with Gasteiger partial charge < -0.3 is 20.1 Å². The number of aromatic nitrogens is 2. The maximum absolute atomic E-state index is 12.3. The van der Waals surface area contributed by atoms with Gasteiger partial charge in [-0.1, -0.05) is 35.2 Å². The fourth-order valence-electron chi connectivity index (χ4n) is 2.53. The zero-order valence-corrected chi connectivity index (χ0v) is 18.2. The Balaban J connectivity index is 1.59. The lowest BCUT2D eigenvalue weighted by atomic mass is 10.1. The van der Waals surface area contributed by atoms with Crippen LogP contribution in [0.1, 0.15) is 11.1 Å². The van der Waals surface area contributed by atoms with Gasteiger partial charge in [-0.3, -0.25) is 4.79 Å². The second kappa shape index (κ2) is 9.62. The Labute approximate surface area is 177 Å². The first-order chi connectivity index (χ1) is 14.0. The molecule has 0 bridgehead atoms. The maximum atomic E-state index is 12.3. The highest BCUT2D eigenvalue weighted by Gasteiger charge is 2.12. The smallest absolute Gasteiger partial charge is 0.234 e. The number of amides is 1. The largest absolute Gasteiger partial charge is 0.497 e. The van der Waals surface area contributed by atoms with Crippen LogP contribution in [0, 0.1) is 13.8 Å². The molecule has 0 aliphatic carbocycles. The molecule has 0 atom stereocenters. The van der Waals surface area contributed by atoms with Crippen LogP contribution in [0.3, 0.4) is 0 Å². The molecule has 29 heavy (non-hydrogen) atoms. The number of hydrogen-bond acceptors (Lipinski definition) is 8. The summed E-state index contributed by atoms with van der Waals surface area (Å²) in [5.41, 5.74) is 3.70. The normalized spacial score (nSPS) is 10.5. The van der Waals surface area contributed by atoms with E-state index in [4.69, 9.17) is 9.47 Å². The predicted molar refractivity (Wildman–Crippen MR) is 118 cm³/mol. The highest BCUT2D eigenvalue weighted by Crippen LogP contribution is 2.34. The van der Waals surface area contributed by atoms with Gasteiger partial charge >= 0.3 is 0 Å². The van der Waals surface area contributed by atoms with E-state index in [1.165, 1.54) is 23.1 Å². The third-order valence-corrected chi connectivity index (χ3v) is 6.02. The minimum atomic E-state index is -0.0807. The van der Waals surface area contributed by atoms with E-state index in [-0.39, 0.29) is 11.7 Å². The van der Waals surface area contributed by atoms with Crippen molar-refractivity contribution >= 4 is 45.5 Å². The number of aryl methyl sites for hydroxylation is 2. The lowest BCUT2D eigenvalue weighted by Crippen LogP contribution is -2.14. The number of benzene rings is 2. The van der Waals surface area contributed by atoms with Crippen molar-refractivity contribution in [1.29, 1.82) is 0 Å². The number of anilines is 3. The van der Waals surface area contributed by atoms with Crippen LogP contribution in [0.2, 0.25) is 0 Å². The first-order valence-electron chi connectivity index (χ1n) is 8.81. The molecular formula is C20H22N4O3S2. The zero-order valence-electron chi connectivity index (χ0n) is 16.6. The van der Waals surface area contributed by atoms with Crippen molar-refractivity contribution in [1.82, 2.24) is 10.2 Å². The van der Waals surface area contributed by atoms with E-state index in [9.17, 15) is 4.79 Å². The first kappa shape index (κ1) is 20.9. The minimum Gasteiger partial charge on any atom is -0.497 e. The molecule has 1 amide bonds. The van der Waals surface area contributed by atoms with E-state index in [0.29, 0.717) is 21.0 Å². The van der Waals surface area contributed by atoms with Crippen LogP contribution in [0.4, 0.5) is 16.5 Å². The number of rotatable bonds is 8. The van der Waals surface area contributed by atoms with Crippen molar-refractivity contribution in [3.8, 4) is 11.5 Å². The molecule has 0 radical (unpaired) electrons. The van der Waals surface area contributed by atoms with Gasteiger partial charge in [-0.15, -0.1) is 10.2 Å². The standard InChI is InChI=1S/C20H22N4O3S2/c1-12-5-6-13(2)15(9-12)21-18(25)11-28-20-24-23-19(29-20)22-16-10-14(26-3)7-8-17(16)27-4/h5-10H,11H2,1-4H3,(H,21,25)(H,22,23). The molecule has 0 saturated heterocycles. The molecule has 3 aromatic rings. The molecule has 2 N–H and O–H groups in total. The fourth-order valence-corrected chi connectivity index (χ4v) is 4.09. The zero-order chi connectivity index (χ0) is 20.8. The summed E-state index contributed by atoms with van der Waals surface area (Å²) in [5, 5.41) is 15.0. The third kappa shape index (κ3) is 5.61. The fraction of sp³-hybridized carbons (Fsp3) is 0.250. The van der Waals surface area contributed by atoms with Crippen molar-refractivity contribution < 1.29 is 14.3 Å². The Morgan fingerprint density at radius 1 is 1.07 bits per heavy atom. The van der Waals surface area contributed by atoms with E-state index in [0.717, 1.165) is 22.5 Å². The van der Waals surface area contributed by atoms with Gasteiger partial charge in [-0.25, -0.2) is 0 Å². The molecule has 1 aromatic heterocycles. The Hall–Kier alpha value is -2.78. The minimum absolute atomic E-state index is 0.0807. The van der Waals surface area contributed by atoms with Crippen molar-refractivity contribution in [3.63, 3.8) is 0 Å². The molecular weight excluding hydrogens is 408 g/mol. The van der Waals surface area contributed by atoms with Gasteiger partial charge in [-0.05, 0) is 43.2 Å².